The zero-order valence-electron chi connectivity index (χ0n) is 10.1. The molecule has 1 saturated carbocycles. The van der Waals surface area contributed by atoms with Crippen LogP contribution in [-0.2, 0) is 0 Å². The second-order valence-electron chi connectivity index (χ2n) is 5.39. The van der Waals surface area contributed by atoms with Crippen molar-refractivity contribution in [3.05, 3.63) is 5.21 Å². The summed E-state index contributed by atoms with van der Waals surface area (Å²) in [7, 11) is 4.38. The number of nitrogens with zero attached hydrogens (tertiary/aromatic N) is 2. The lowest BCUT2D eigenvalue weighted by Gasteiger charge is -2.36. The lowest BCUT2D eigenvalue weighted by atomic mass is 9.97. The van der Waals surface area contributed by atoms with Gasteiger partial charge in [0.25, 0.3) is 0 Å². The minimum atomic E-state index is -0.501. The summed E-state index contributed by atoms with van der Waals surface area (Å²) in [6, 6.07) is 0.0199. The predicted octanol–water partition coefficient (Wildman–Crippen LogP) is -0.201. The molecule has 1 aliphatic rings. The average Bonchev–Trinajstić information content (AvgIpc) is 2.22. The van der Waals surface area contributed by atoms with Crippen molar-refractivity contribution in [3.63, 3.8) is 0 Å². The molecule has 16 heavy (non-hydrogen) atoms. The van der Waals surface area contributed by atoms with Gasteiger partial charge in [-0.3, -0.25) is 0 Å². The summed E-state index contributed by atoms with van der Waals surface area (Å²) in [5, 5.41) is 12.4. The van der Waals surface area contributed by atoms with E-state index in [-0.39, 0.29) is 17.2 Å². The number of nitrogens with two attached hydrogens (primary N) is 3. The van der Waals surface area contributed by atoms with Gasteiger partial charge in [0.15, 0.2) is 0 Å². The number of hydrogen-bond donors (Lipinski definition) is 3. The van der Waals surface area contributed by atoms with Gasteiger partial charge in [-0.25, -0.2) is 0 Å². The number of quaternary nitrogens is 1. The smallest absolute Gasteiger partial charge is 0.145 e. The quantitative estimate of drug-likeness (QED) is 0.207. The first kappa shape index (κ1) is 14.3. The molecule has 4 atom stereocenters. The molecule has 1 fully saturated rings. The second-order valence-corrected chi connectivity index (χ2v) is 6.78. The van der Waals surface area contributed by atoms with Gasteiger partial charge in [0.2, 0.25) is 0 Å². The molecular formula is C9H24N5OP. The summed E-state index contributed by atoms with van der Waals surface area (Å²) in [6.45, 7) is 2.10. The van der Waals surface area contributed by atoms with Crippen LogP contribution in [0, 0.1) is 5.21 Å². The van der Waals surface area contributed by atoms with Crippen molar-refractivity contribution in [2.75, 3.05) is 7.05 Å². The Morgan fingerprint density at radius 2 is 1.88 bits per heavy atom. The highest BCUT2D eigenvalue weighted by Crippen LogP contribution is 2.37. The van der Waals surface area contributed by atoms with E-state index in [1.807, 2.05) is 0 Å². The third-order valence-corrected chi connectivity index (χ3v) is 3.86. The summed E-state index contributed by atoms with van der Waals surface area (Å²) < 4.78 is 0. The highest BCUT2D eigenvalue weighted by atomic mass is 31.0. The largest absolute Gasteiger partial charge is 0.785 e. The van der Waals surface area contributed by atoms with E-state index in [4.69, 9.17) is 17.5 Å². The molecule has 0 aliphatic heterocycles. The molecule has 0 bridgehead atoms. The van der Waals surface area contributed by atoms with Crippen molar-refractivity contribution in [2.45, 2.75) is 49.8 Å². The molecule has 0 amide bonds. The van der Waals surface area contributed by atoms with Gasteiger partial charge in [-0.2, -0.15) is 0 Å². The first-order valence-corrected chi connectivity index (χ1v) is 6.13. The number of hydroxylamine groups is 2. The standard InChI is InChI=1S/C9H24N5OP/c1-9(16)5-7(13(2)15)3-4-8(6-9)14(10,11)12/h7-8H,3-6,10-12,16H2,1-2H3. The van der Waals surface area contributed by atoms with E-state index in [0.717, 1.165) is 30.7 Å². The summed E-state index contributed by atoms with van der Waals surface area (Å²) in [6.07, 6.45) is 3.21. The van der Waals surface area contributed by atoms with Crippen LogP contribution in [0.2, 0.25) is 0 Å². The summed E-state index contributed by atoms with van der Waals surface area (Å²) in [5.41, 5.74) is 0. The molecule has 1 rings (SSSR count). The molecule has 4 unspecified atom stereocenters. The average molecular weight is 249 g/mol. The molecule has 6 nitrogen and oxygen atoms in total. The van der Waals surface area contributed by atoms with Crippen molar-refractivity contribution in [1.29, 1.82) is 0 Å². The van der Waals surface area contributed by atoms with Gasteiger partial charge in [0.1, 0.15) is 6.04 Å². The maximum Gasteiger partial charge on any atom is 0.145 e. The summed E-state index contributed by atoms with van der Waals surface area (Å²) in [4.78, 5) is -0.501. The molecule has 1 aliphatic carbocycles. The van der Waals surface area contributed by atoms with Gasteiger partial charge >= 0.3 is 0 Å². The lowest BCUT2D eigenvalue weighted by molar-refractivity contribution is -0.986. The van der Waals surface area contributed by atoms with Crippen LogP contribution in [-0.4, -0.2) is 34.2 Å². The van der Waals surface area contributed by atoms with E-state index >= 15 is 0 Å². The maximum atomic E-state index is 11.4. The third-order valence-electron chi connectivity index (χ3n) is 3.38. The zero-order chi connectivity index (χ0) is 12.6. The first-order valence-electron chi connectivity index (χ1n) is 5.55. The molecule has 0 heterocycles. The second kappa shape index (κ2) is 4.82. The van der Waals surface area contributed by atoms with E-state index in [1.54, 1.807) is 7.05 Å². The molecule has 96 valence electrons. The van der Waals surface area contributed by atoms with Gasteiger partial charge in [0.05, 0.1) is 0 Å². The molecule has 0 saturated heterocycles. The van der Waals surface area contributed by atoms with Gasteiger partial charge in [0, 0.05) is 12.8 Å². The highest BCUT2D eigenvalue weighted by Gasteiger charge is 2.39. The van der Waals surface area contributed by atoms with Crippen LogP contribution < -0.4 is 17.5 Å². The highest BCUT2D eigenvalue weighted by molar-refractivity contribution is 7.18. The molecule has 0 radical (unpaired) electrons. The van der Waals surface area contributed by atoms with E-state index in [0.29, 0.717) is 0 Å². The van der Waals surface area contributed by atoms with Crippen molar-refractivity contribution in [1.82, 2.24) is 5.06 Å². The number of rotatable bonds is 2. The molecular weight excluding hydrogens is 225 g/mol. The lowest BCUT2D eigenvalue weighted by Crippen LogP contribution is -2.71. The van der Waals surface area contributed by atoms with Crippen molar-refractivity contribution in [3.8, 4) is 0 Å². The fourth-order valence-corrected chi connectivity index (χ4v) is 2.99. The normalized spacial score (nSPS) is 37.5. The van der Waals surface area contributed by atoms with E-state index in [2.05, 4.69) is 16.2 Å². The molecule has 0 aromatic carbocycles. The van der Waals surface area contributed by atoms with Crippen molar-refractivity contribution in [2.24, 2.45) is 17.5 Å². The Bertz CT molecular complexity index is 241. The van der Waals surface area contributed by atoms with Gasteiger partial charge in [-0.1, -0.05) is 6.92 Å². The fraction of sp³-hybridized carbons (Fsp3) is 1.00. The van der Waals surface area contributed by atoms with E-state index < -0.39 is 4.81 Å². The van der Waals surface area contributed by atoms with Crippen LogP contribution in [0.15, 0.2) is 0 Å². The maximum absolute atomic E-state index is 11.4. The van der Waals surface area contributed by atoms with Crippen molar-refractivity contribution < 1.29 is 4.81 Å². The monoisotopic (exact) mass is 249 g/mol. The predicted molar refractivity (Wildman–Crippen MR) is 68.1 cm³/mol. The third kappa shape index (κ3) is 3.89. The van der Waals surface area contributed by atoms with Crippen LogP contribution in [0.3, 0.4) is 0 Å². The Kier molecular flexibility index (Phi) is 4.29. The molecule has 0 spiro atoms. The summed E-state index contributed by atoms with van der Waals surface area (Å²) in [5.74, 6) is 17.1. The van der Waals surface area contributed by atoms with Crippen LogP contribution in [0.4, 0.5) is 0 Å². The number of hydrogen-bond acceptors (Lipinski definition) is 5. The SMILES string of the molecule is CN([O-])C1CCC([N+](N)(N)N)CC(C)(P)C1. The van der Waals surface area contributed by atoms with Crippen molar-refractivity contribution >= 4 is 9.24 Å². The Morgan fingerprint density at radius 1 is 1.31 bits per heavy atom. The first-order chi connectivity index (χ1) is 7.12. The van der Waals surface area contributed by atoms with Gasteiger partial charge in [-0.15, -0.1) is 31.6 Å². The molecule has 7 heteroatoms. The molecule has 6 N–H and O–H groups in total. The van der Waals surface area contributed by atoms with Crippen LogP contribution >= 0.6 is 9.24 Å². The van der Waals surface area contributed by atoms with Crippen LogP contribution in [0.5, 0.6) is 0 Å². The van der Waals surface area contributed by atoms with Crippen LogP contribution in [0.1, 0.15) is 32.6 Å². The van der Waals surface area contributed by atoms with Crippen LogP contribution in [0.25, 0.3) is 0 Å². The zero-order valence-corrected chi connectivity index (χ0v) is 11.2. The molecule has 0 aromatic heterocycles. The topological polar surface area (TPSA) is 104 Å². The van der Waals surface area contributed by atoms with Gasteiger partial charge < -0.3 is 10.3 Å². The Labute approximate surface area is 99.4 Å². The summed E-state index contributed by atoms with van der Waals surface area (Å²) >= 11 is 0. The van der Waals surface area contributed by atoms with E-state index in [1.165, 1.54) is 0 Å². The Morgan fingerprint density at radius 3 is 2.31 bits per heavy atom. The molecule has 0 aromatic rings. The minimum Gasteiger partial charge on any atom is -0.785 e. The van der Waals surface area contributed by atoms with Gasteiger partial charge in [-0.05, 0) is 31.1 Å². The minimum absolute atomic E-state index is 0.00699. The Balaban J connectivity index is 2.78. The fourth-order valence-electron chi connectivity index (χ4n) is 2.44. The Hall–Kier alpha value is 0.190. The van der Waals surface area contributed by atoms with E-state index in [9.17, 15) is 5.21 Å².